The Labute approximate surface area is 95.8 Å². The number of aromatic nitrogens is 1. The van der Waals surface area contributed by atoms with Crippen molar-refractivity contribution in [3.05, 3.63) is 26.4 Å². The van der Waals surface area contributed by atoms with E-state index < -0.39 is 6.43 Å². The lowest BCUT2D eigenvalue weighted by atomic mass is 10.2. The van der Waals surface area contributed by atoms with E-state index in [0.29, 0.717) is 10.2 Å². The molecule has 0 aliphatic carbocycles. The molecule has 1 aromatic rings. The molecule has 0 atom stereocenters. The van der Waals surface area contributed by atoms with Crippen molar-refractivity contribution in [1.29, 1.82) is 0 Å². The van der Waals surface area contributed by atoms with E-state index >= 15 is 0 Å². The SMILES string of the molecule is FC(F)c1c(Br)cc(CCl)nc1Br. The normalized spacial score (nSPS) is 10.9. The first-order valence-electron chi connectivity index (χ1n) is 3.25. The maximum atomic E-state index is 12.4. The number of pyridine rings is 1. The van der Waals surface area contributed by atoms with Crippen LogP contribution in [-0.4, -0.2) is 4.98 Å². The molecule has 0 radical (unpaired) electrons. The van der Waals surface area contributed by atoms with Crippen molar-refractivity contribution >= 4 is 43.5 Å². The van der Waals surface area contributed by atoms with E-state index in [1.807, 2.05) is 0 Å². The van der Waals surface area contributed by atoms with Gasteiger partial charge in [0.05, 0.1) is 17.1 Å². The molecule has 13 heavy (non-hydrogen) atoms. The van der Waals surface area contributed by atoms with Gasteiger partial charge in [0, 0.05) is 4.47 Å². The maximum absolute atomic E-state index is 12.4. The Kier molecular flexibility index (Phi) is 4.06. The highest BCUT2D eigenvalue weighted by atomic mass is 79.9. The van der Waals surface area contributed by atoms with Gasteiger partial charge in [-0.2, -0.15) is 0 Å². The zero-order valence-electron chi connectivity index (χ0n) is 6.20. The number of hydrogen-bond acceptors (Lipinski definition) is 1. The van der Waals surface area contributed by atoms with E-state index in [9.17, 15) is 8.78 Å². The minimum Gasteiger partial charge on any atom is -0.244 e. The molecule has 0 N–H and O–H groups in total. The van der Waals surface area contributed by atoms with Crippen LogP contribution < -0.4 is 0 Å². The molecule has 0 saturated heterocycles. The Hall–Kier alpha value is 0.260. The Bertz CT molecular complexity index is 296. The summed E-state index contributed by atoms with van der Waals surface area (Å²) in [7, 11) is 0. The zero-order chi connectivity index (χ0) is 10.0. The predicted molar refractivity (Wildman–Crippen MR) is 54.2 cm³/mol. The van der Waals surface area contributed by atoms with Gasteiger partial charge in [-0.3, -0.25) is 0 Å². The van der Waals surface area contributed by atoms with Crippen LogP contribution in [0, 0.1) is 0 Å². The first kappa shape index (κ1) is 11.3. The second kappa shape index (κ2) is 4.66. The molecule has 0 bridgehead atoms. The molecule has 1 rings (SSSR count). The molecule has 1 heterocycles. The summed E-state index contributed by atoms with van der Waals surface area (Å²) in [5.74, 6) is 0.195. The van der Waals surface area contributed by atoms with Gasteiger partial charge in [-0.1, -0.05) is 15.9 Å². The van der Waals surface area contributed by atoms with Crippen LogP contribution in [0.15, 0.2) is 15.1 Å². The third-order valence-electron chi connectivity index (χ3n) is 1.37. The molecule has 6 heteroatoms. The highest BCUT2D eigenvalue weighted by Gasteiger charge is 2.17. The van der Waals surface area contributed by atoms with Crippen LogP contribution in [0.4, 0.5) is 8.78 Å². The van der Waals surface area contributed by atoms with E-state index in [0.717, 1.165) is 0 Å². The number of alkyl halides is 3. The smallest absolute Gasteiger partial charge is 0.244 e. The van der Waals surface area contributed by atoms with E-state index in [4.69, 9.17) is 11.6 Å². The molecule has 0 unspecified atom stereocenters. The summed E-state index contributed by atoms with van der Waals surface area (Å²) >= 11 is 11.5. The number of nitrogens with zero attached hydrogens (tertiary/aromatic N) is 1. The zero-order valence-corrected chi connectivity index (χ0v) is 10.1. The highest BCUT2D eigenvalue weighted by molar-refractivity contribution is 9.11. The first-order valence-corrected chi connectivity index (χ1v) is 5.37. The quantitative estimate of drug-likeness (QED) is 0.581. The minimum absolute atomic E-state index is 0.132. The van der Waals surface area contributed by atoms with E-state index in [2.05, 4.69) is 36.8 Å². The lowest BCUT2D eigenvalue weighted by Crippen LogP contribution is -1.95. The molecule has 0 aromatic carbocycles. The Morgan fingerprint density at radius 3 is 2.46 bits per heavy atom. The fourth-order valence-electron chi connectivity index (χ4n) is 0.804. The van der Waals surface area contributed by atoms with Crippen LogP contribution in [0.3, 0.4) is 0 Å². The Morgan fingerprint density at radius 2 is 2.08 bits per heavy atom. The molecule has 0 spiro atoms. The van der Waals surface area contributed by atoms with Gasteiger partial charge in [0.2, 0.25) is 0 Å². The van der Waals surface area contributed by atoms with E-state index in [1.54, 1.807) is 0 Å². The van der Waals surface area contributed by atoms with Crippen molar-refractivity contribution in [3.8, 4) is 0 Å². The lowest BCUT2D eigenvalue weighted by Gasteiger charge is -2.06. The van der Waals surface area contributed by atoms with Crippen LogP contribution in [0.5, 0.6) is 0 Å². The average molecular weight is 335 g/mol. The number of halogens is 5. The Morgan fingerprint density at radius 1 is 1.46 bits per heavy atom. The van der Waals surface area contributed by atoms with Crippen LogP contribution in [0.2, 0.25) is 0 Å². The van der Waals surface area contributed by atoms with Crippen molar-refractivity contribution in [2.45, 2.75) is 12.3 Å². The molecule has 0 amide bonds. The molecule has 72 valence electrons. The van der Waals surface area contributed by atoms with Crippen LogP contribution >= 0.6 is 43.5 Å². The van der Waals surface area contributed by atoms with Gasteiger partial charge in [-0.25, -0.2) is 13.8 Å². The van der Waals surface area contributed by atoms with Crippen LogP contribution in [0.25, 0.3) is 0 Å². The summed E-state index contributed by atoms with van der Waals surface area (Å²) in [4.78, 5) is 3.85. The van der Waals surface area contributed by atoms with Crippen molar-refractivity contribution in [2.24, 2.45) is 0 Å². The molecule has 0 saturated carbocycles. The minimum atomic E-state index is -2.55. The molecular formula is C7H4Br2ClF2N. The van der Waals surface area contributed by atoms with Crippen molar-refractivity contribution in [2.75, 3.05) is 0 Å². The summed E-state index contributed by atoms with van der Waals surface area (Å²) in [5.41, 5.74) is 0.402. The maximum Gasteiger partial charge on any atom is 0.267 e. The van der Waals surface area contributed by atoms with Crippen molar-refractivity contribution in [3.63, 3.8) is 0 Å². The fraction of sp³-hybridized carbons (Fsp3) is 0.286. The van der Waals surface area contributed by atoms with Gasteiger partial charge in [0.25, 0.3) is 6.43 Å². The number of rotatable bonds is 2. The Balaban J connectivity index is 3.23. The second-order valence-corrected chi connectivity index (χ2v) is 4.11. The molecule has 0 fully saturated rings. The highest BCUT2D eigenvalue weighted by Crippen LogP contribution is 2.33. The molecule has 0 aliphatic rings. The lowest BCUT2D eigenvalue weighted by molar-refractivity contribution is 0.149. The monoisotopic (exact) mass is 333 g/mol. The average Bonchev–Trinajstić information content (AvgIpc) is 2.02. The van der Waals surface area contributed by atoms with Gasteiger partial charge in [0.1, 0.15) is 4.60 Å². The largest absolute Gasteiger partial charge is 0.267 e. The van der Waals surface area contributed by atoms with E-state index in [-0.39, 0.29) is 16.0 Å². The molecule has 0 aliphatic heterocycles. The van der Waals surface area contributed by atoms with Crippen LogP contribution in [0.1, 0.15) is 17.7 Å². The van der Waals surface area contributed by atoms with Crippen molar-refractivity contribution in [1.82, 2.24) is 4.98 Å². The molecule has 1 aromatic heterocycles. The number of hydrogen-bond donors (Lipinski definition) is 0. The third kappa shape index (κ3) is 2.60. The van der Waals surface area contributed by atoms with Gasteiger partial charge in [-0.15, -0.1) is 11.6 Å². The summed E-state index contributed by atoms with van der Waals surface area (Å²) < 4.78 is 25.2. The standard InChI is InChI=1S/C7H4Br2ClF2N/c8-4-1-3(2-10)13-6(9)5(4)7(11)12/h1,7H,2H2. The van der Waals surface area contributed by atoms with E-state index in [1.165, 1.54) is 6.07 Å². The van der Waals surface area contributed by atoms with Crippen LogP contribution in [-0.2, 0) is 5.88 Å². The molecule has 1 nitrogen and oxygen atoms in total. The van der Waals surface area contributed by atoms with Gasteiger partial charge in [-0.05, 0) is 22.0 Å². The van der Waals surface area contributed by atoms with Gasteiger partial charge in [0.15, 0.2) is 0 Å². The fourth-order valence-corrected chi connectivity index (χ4v) is 2.45. The van der Waals surface area contributed by atoms with Gasteiger partial charge < -0.3 is 0 Å². The first-order chi connectivity index (χ1) is 6.06. The summed E-state index contributed by atoms with van der Waals surface area (Å²) in [5, 5.41) is 0. The topological polar surface area (TPSA) is 12.9 Å². The summed E-state index contributed by atoms with van der Waals surface area (Å²) in [6, 6.07) is 1.49. The molecular weight excluding hydrogens is 331 g/mol. The summed E-state index contributed by atoms with van der Waals surface area (Å²) in [6.45, 7) is 0. The summed E-state index contributed by atoms with van der Waals surface area (Å²) in [6.07, 6.45) is -2.55. The van der Waals surface area contributed by atoms with Gasteiger partial charge >= 0.3 is 0 Å². The third-order valence-corrected chi connectivity index (χ3v) is 2.90. The van der Waals surface area contributed by atoms with Crippen molar-refractivity contribution < 1.29 is 8.78 Å². The second-order valence-electron chi connectivity index (χ2n) is 2.23. The predicted octanol–water partition coefficient (Wildman–Crippen LogP) is 4.28.